The number of anilines is 2. The zero-order valence-corrected chi connectivity index (χ0v) is 17.6. The number of quaternary nitrogens is 1. The maximum Gasteiger partial charge on any atom is 0.341 e. The van der Waals surface area contributed by atoms with Gasteiger partial charge in [0.05, 0.1) is 52.6 Å². The predicted octanol–water partition coefficient (Wildman–Crippen LogP) is 2.11. The maximum absolute atomic E-state index is 15.0. The molecule has 3 aromatic rings. The Morgan fingerprint density at radius 2 is 1.91 bits per heavy atom. The van der Waals surface area contributed by atoms with Crippen molar-refractivity contribution in [3.05, 3.63) is 62.7 Å². The molecule has 168 valence electrons. The van der Waals surface area contributed by atoms with Gasteiger partial charge < -0.3 is 25.6 Å². The van der Waals surface area contributed by atoms with Crippen molar-refractivity contribution >= 4 is 39.8 Å². The maximum atomic E-state index is 15.0. The standard InChI is InChI=1S/C21H18ClF3N4O3/c1-2-27-9-6-28(7-9)19-14(25)3-10-18(17(19)22)29(8-11(20(10)30)21(31)32)16-5-15(26)12(23)4-13(16)24/h3-5,8-9,27H,2,6-7,26H2,1H3,(H,31,32)/p+1. The van der Waals surface area contributed by atoms with E-state index in [1.165, 1.54) is 0 Å². The molecule has 11 heteroatoms. The van der Waals surface area contributed by atoms with E-state index in [0.29, 0.717) is 19.2 Å². The number of likely N-dealkylation sites (N-methyl/N-ethyl adjacent to an activating group) is 1. The van der Waals surface area contributed by atoms with Crippen molar-refractivity contribution in [3.63, 3.8) is 0 Å². The molecule has 0 atom stereocenters. The molecular formula is C21H19ClF3N4O3+. The van der Waals surface area contributed by atoms with E-state index >= 15 is 4.39 Å². The van der Waals surface area contributed by atoms with Crippen LogP contribution in [0.2, 0.25) is 5.02 Å². The van der Waals surface area contributed by atoms with E-state index in [1.807, 2.05) is 6.92 Å². The Bertz CT molecular complexity index is 1320. The Morgan fingerprint density at radius 1 is 1.22 bits per heavy atom. The number of carboxylic acid groups (broad SMARTS) is 1. The summed E-state index contributed by atoms with van der Waals surface area (Å²) in [5, 5.41) is 11.0. The zero-order chi connectivity index (χ0) is 23.3. The number of aromatic carboxylic acids is 1. The number of carboxylic acids is 1. The van der Waals surface area contributed by atoms with Gasteiger partial charge in [0.15, 0.2) is 0 Å². The van der Waals surface area contributed by atoms with Crippen LogP contribution in [-0.2, 0) is 0 Å². The van der Waals surface area contributed by atoms with Gasteiger partial charge in [-0.05, 0) is 19.1 Å². The fourth-order valence-electron chi connectivity index (χ4n) is 3.95. The summed E-state index contributed by atoms with van der Waals surface area (Å²) in [4.78, 5) is 26.1. The summed E-state index contributed by atoms with van der Waals surface area (Å²) in [5.74, 6) is -4.47. The Balaban J connectivity index is 2.03. The van der Waals surface area contributed by atoms with Crippen LogP contribution in [0, 0.1) is 17.5 Å². The van der Waals surface area contributed by atoms with E-state index in [4.69, 9.17) is 17.3 Å². The van der Waals surface area contributed by atoms with E-state index in [-0.39, 0.29) is 33.3 Å². The van der Waals surface area contributed by atoms with E-state index in [1.54, 1.807) is 4.90 Å². The lowest BCUT2D eigenvalue weighted by Crippen LogP contribution is -2.96. The highest BCUT2D eigenvalue weighted by Crippen LogP contribution is 2.38. The lowest BCUT2D eigenvalue weighted by molar-refractivity contribution is -0.688. The summed E-state index contributed by atoms with van der Waals surface area (Å²) in [6.45, 7) is 3.86. The second-order valence-electron chi connectivity index (χ2n) is 7.60. The van der Waals surface area contributed by atoms with Crippen molar-refractivity contribution in [2.45, 2.75) is 13.0 Å². The van der Waals surface area contributed by atoms with Crippen molar-refractivity contribution in [2.24, 2.45) is 0 Å². The SMILES string of the molecule is CC[NH2+]C1CN(c2c(F)cc3c(=O)c(C(=O)O)cn(-c4cc(N)c(F)cc4F)c3c2Cl)C1. The highest BCUT2D eigenvalue weighted by molar-refractivity contribution is 6.38. The molecule has 0 spiro atoms. The molecule has 1 aromatic heterocycles. The number of pyridine rings is 1. The molecule has 0 radical (unpaired) electrons. The van der Waals surface area contributed by atoms with E-state index in [9.17, 15) is 23.5 Å². The van der Waals surface area contributed by atoms with Crippen molar-refractivity contribution in [3.8, 4) is 5.69 Å². The van der Waals surface area contributed by atoms with Crippen LogP contribution in [0.3, 0.4) is 0 Å². The number of carbonyl (C=O) groups is 1. The first-order chi connectivity index (χ1) is 15.1. The fraction of sp³-hybridized carbons (Fsp3) is 0.238. The number of fused-ring (bicyclic) bond motifs is 1. The van der Waals surface area contributed by atoms with Crippen LogP contribution in [-0.4, -0.2) is 41.3 Å². The van der Waals surface area contributed by atoms with Gasteiger partial charge in [-0.2, -0.15) is 0 Å². The summed E-state index contributed by atoms with van der Waals surface area (Å²) >= 11 is 6.53. The molecule has 32 heavy (non-hydrogen) atoms. The van der Waals surface area contributed by atoms with Gasteiger partial charge in [0.2, 0.25) is 5.43 Å². The first-order valence-electron chi connectivity index (χ1n) is 9.77. The minimum Gasteiger partial charge on any atom is -0.477 e. The van der Waals surface area contributed by atoms with Crippen LogP contribution in [0.4, 0.5) is 24.5 Å². The summed E-state index contributed by atoms with van der Waals surface area (Å²) in [6, 6.07) is 2.63. The normalized spacial score (nSPS) is 14.1. The number of nitrogens with zero attached hydrogens (tertiary/aromatic N) is 2. The van der Waals surface area contributed by atoms with E-state index < -0.39 is 40.1 Å². The average molecular weight is 468 g/mol. The number of benzene rings is 2. The van der Waals surface area contributed by atoms with Gasteiger partial charge in [0.1, 0.15) is 29.1 Å². The van der Waals surface area contributed by atoms with Crippen LogP contribution >= 0.6 is 11.6 Å². The Hall–Kier alpha value is -3.24. The van der Waals surface area contributed by atoms with Gasteiger partial charge >= 0.3 is 5.97 Å². The zero-order valence-electron chi connectivity index (χ0n) is 16.8. The van der Waals surface area contributed by atoms with Gasteiger partial charge in [-0.3, -0.25) is 4.79 Å². The second kappa shape index (κ2) is 8.03. The number of nitrogen functional groups attached to an aromatic ring is 1. The topological polar surface area (TPSA) is 105 Å². The minimum absolute atomic E-state index is 0.0200. The van der Waals surface area contributed by atoms with Crippen molar-refractivity contribution < 1.29 is 28.4 Å². The summed E-state index contributed by atoms with van der Waals surface area (Å²) in [7, 11) is 0. The largest absolute Gasteiger partial charge is 0.477 e. The smallest absolute Gasteiger partial charge is 0.341 e. The summed E-state index contributed by atoms with van der Waals surface area (Å²) in [5.41, 5.74) is 3.04. The molecule has 7 nitrogen and oxygen atoms in total. The molecule has 0 unspecified atom stereocenters. The fourth-order valence-corrected chi connectivity index (χ4v) is 4.36. The Kier molecular flexibility index (Phi) is 5.51. The second-order valence-corrected chi connectivity index (χ2v) is 7.98. The van der Waals surface area contributed by atoms with E-state index in [2.05, 4.69) is 5.32 Å². The number of hydrogen-bond donors (Lipinski definition) is 3. The highest BCUT2D eigenvalue weighted by atomic mass is 35.5. The monoisotopic (exact) mass is 467 g/mol. The minimum atomic E-state index is -1.59. The molecular weight excluding hydrogens is 449 g/mol. The number of hydrogen-bond acceptors (Lipinski definition) is 4. The molecule has 1 fully saturated rings. The van der Waals surface area contributed by atoms with Crippen molar-refractivity contribution in [2.75, 3.05) is 30.3 Å². The molecule has 4 rings (SSSR count). The lowest BCUT2D eigenvalue weighted by atomic mass is 10.0. The molecule has 1 aliphatic rings. The number of nitrogens with two attached hydrogens (primary N) is 2. The molecule has 2 aromatic carbocycles. The predicted molar refractivity (Wildman–Crippen MR) is 114 cm³/mol. The van der Waals surface area contributed by atoms with Crippen LogP contribution in [0.5, 0.6) is 0 Å². The third-order valence-corrected chi connectivity index (χ3v) is 5.87. The van der Waals surface area contributed by atoms with Crippen LogP contribution in [0.15, 0.2) is 29.2 Å². The first kappa shape index (κ1) is 22.0. The third-order valence-electron chi connectivity index (χ3n) is 5.51. The van der Waals surface area contributed by atoms with Crippen molar-refractivity contribution in [1.29, 1.82) is 0 Å². The molecule has 2 heterocycles. The van der Waals surface area contributed by atoms with Gasteiger partial charge in [0.25, 0.3) is 0 Å². The molecule has 1 saturated heterocycles. The quantitative estimate of drug-likeness (QED) is 0.498. The highest BCUT2D eigenvalue weighted by Gasteiger charge is 2.34. The van der Waals surface area contributed by atoms with Gasteiger partial charge in [-0.25, -0.2) is 18.0 Å². The molecule has 0 saturated carbocycles. The Morgan fingerprint density at radius 3 is 2.53 bits per heavy atom. The third kappa shape index (κ3) is 3.45. The molecule has 0 aliphatic carbocycles. The van der Waals surface area contributed by atoms with Crippen molar-refractivity contribution in [1.82, 2.24) is 4.57 Å². The van der Waals surface area contributed by atoms with Gasteiger partial charge in [-0.15, -0.1) is 0 Å². The molecule has 1 aliphatic heterocycles. The van der Waals surface area contributed by atoms with E-state index in [0.717, 1.165) is 29.4 Å². The first-order valence-corrected chi connectivity index (χ1v) is 10.2. The molecule has 5 N–H and O–H groups in total. The number of rotatable bonds is 5. The lowest BCUT2D eigenvalue weighted by Gasteiger charge is -2.39. The molecule has 0 bridgehead atoms. The summed E-state index contributed by atoms with van der Waals surface area (Å²) in [6.07, 6.45) is 0.875. The van der Waals surface area contributed by atoms with Crippen LogP contribution < -0.4 is 21.4 Å². The summed E-state index contributed by atoms with van der Waals surface area (Å²) < 4.78 is 44.4. The van der Waals surface area contributed by atoms with Crippen LogP contribution in [0.25, 0.3) is 16.6 Å². The average Bonchev–Trinajstić information content (AvgIpc) is 2.69. The van der Waals surface area contributed by atoms with Gasteiger partial charge in [0, 0.05) is 12.3 Å². The Labute approximate surface area is 184 Å². The number of aromatic nitrogens is 1. The van der Waals surface area contributed by atoms with Crippen LogP contribution in [0.1, 0.15) is 17.3 Å². The number of halogens is 4. The molecule has 0 amide bonds. The van der Waals surface area contributed by atoms with Gasteiger partial charge in [-0.1, -0.05) is 11.6 Å².